The number of aromatic nitrogens is 2. The summed E-state index contributed by atoms with van der Waals surface area (Å²) in [6.07, 6.45) is 1.80. The number of methoxy groups -OCH3 is 2. The number of amides is 1. The van der Waals surface area contributed by atoms with Gasteiger partial charge in [0.05, 0.1) is 19.9 Å². The van der Waals surface area contributed by atoms with E-state index in [0.717, 1.165) is 12.0 Å². The van der Waals surface area contributed by atoms with Gasteiger partial charge in [-0.05, 0) is 44.0 Å². The molecule has 27 heavy (non-hydrogen) atoms. The van der Waals surface area contributed by atoms with E-state index < -0.39 is 0 Å². The molecule has 7 heteroatoms. The van der Waals surface area contributed by atoms with Gasteiger partial charge in [-0.3, -0.25) is 9.59 Å². The van der Waals surface area contributed by atoms with Crippen LogP contribution in [0.5, 0.6) is 11.5 Å². The zero-order chi connectivity index (χ0) is 19.8. The second-order valence-electron chi connectivity index (χ2n) is 6.33. The van der Waals surface area contributed by atoms with Crippen molar-refractivity contribution in [1.82, 2.24) is 15.1 Å². The van der Waals surface area contributed by atoms with Gasteiger partial charge in [0.15, 0.2) is 11.5 Å². The molecule has 1 aromatic heterocycles. The van der Waals surface area contributed by atoms with Crippen LogP contribution in [0.2, 0.25) is 0 Å². The Morgan fingerprint density at radius 1 is 1.19 bits per heavy atom. The maximum atomic E-state index is 12.1. The first-order valence-corrected chi connectivity index (χ1v) is 9.08. The highest BCUT2D eigenvalue weighted by atomic mass is 16.5. The molecule has 0 radical (unpaired) electrons. The summed E-state index contributed by atoms with van der Waals surface area (Å²) in [4.78, 5) is 23.9. The molecule has 0 fully saturated rings. The Morgan fingerprint density at radius 2 is 1.93 bits per heavy atom. The fourth-order valence-corrected chi connectivity index (χ4v) is 2.60. The third-order valence-electron chi connectivity index (χ3n) is 4.34. The summed E-state index contributed by atoms with van der Waals surface area (Å²) < 4.78 is 12.0. The van der Waals surface area contributed by atoms with Crippen molar-refractivity contribution in [3.8, 4) is 22.8 Å². The van der Waals surface area contributed by atoms with Gasteiger partial charge in [0.25, 0.3) is 5.56 Å². The molecule has 0 aliphatic carbocycles. The number of ether oxygens (including phenoxy) is 2. The fraction of sp³-hybridized carbons (Fsp3) is 0.450. The van der Waals surface area contributed by atoms with E-state index in [2.05, 4.69) is 10.4 Å². The second-order valence-corrected chi connectivity index (χ2v) is 6.33. The molecule has 2 rings (SSSR count). The Bertz CT molecular complexity index is 832. The molecular weight excluding hydrogens is 346 g/mol. The predicted molar refractivity (Wildman–Crippen MR) is 104 cm³/mol. The predicted octanol–water partition coefficient (Wildman–Crippen LogP) is 2.62. The van der Waals surface area contributed by atoms with Crippen LogP contribution in [-0.4, -0.2) is 35.9 Å². The smallest absolute Gasteiger partial charge is 0.266 e. The lowest BCUT2D eigenvalue weighted by Gasteiger charge is -2.12. The van der Waals surface area contributed by atoms with Crippen LogP contribution in [0.15, 0.2) is 35.1 Å². The average molecular weight is 373 g/mol. The first-order valence-electron chi connectivity index (χ1n) is 9.08. The number of hydrogen-bond donors (Lipinski definition) is 1. The molecule has 1 unspecified atom stereocenters. The van der Waals surface area contributed by atoms with Gasteiger partial charge in [0.1, 0.15) is 0 Å². The van der Waals surface area contributed by atoms with Gasteiger partial charge >= 0.3 is 0 Å². The van der Waals surface area contributed by atoms with Crippen LogP contribution < -0.4 is 20.3 Å². The molecule has 2 aromatic rings. The van der Waals surface area contributed by atoms with Crippen molar-refractivity contribution in [2.45, 2.75) is 45.7 Å². The van der Waals surface area contributed by atoms with Crippen molar-refractivity contribution in [2.75, 3.05) is 14.2 Å². The zero-order valence-electron chi connectivity index (χ0n) is 16.3. The molecule has 0 saturated heterocycles. The molecule has 0 aliphatic rings. The molecule has 146 valence electrons. The zero-order valence-corrected chi connectivity index (χ0v) is 16.3. The number of aryl methyl sites for hydroxylation is 1. The molecule has 1 amide bonds. The normalized spacial score (nSPS) is 11.7. The van der Waals surface area contributed by atoms with Gasteiger partial charge in [0, 0.05) is 30.6 Å². The summed E-state index contributed by atoms with van der Waals surface area (Å²) in [7, 11) is 3.15. The second kappa shape index (κ2) is 9.75. The van der Waals surface area contributed by atoms with Crippen LogP contribution in [0.1, 0.15) is 33.1 Å². The molecule has 0 aliphatic heterocycles. The van der Waals surface area contributed by atoms with Gasteiger partial charge < -0.3 is 14.8 Å². The van der Waals surface area contributed by atoms with Crippen LogP contribution in [0.4, 0.5) is 0 Å². The Morgan fingerprint density at radius 3 is 2.59 bits per heavy atom. The molecule has 0 saturated carbocycles. The third kappa shape index (κ3) is 5.57. The van der Waals surface area contributed by atoms with Gasteiger partial charge in [-0.25, -0.2) is 4.68 Å². The number of nitrogens with zero attached hydrogens (tertiary/aromatic N) is 2. The molecular formula is C20H27N3O4. The Labute approximate surface area is 159 Å². The minimum absolute atomic E-state index is 0.00607. The van der Waals surface area contributed by atoms with Gasteiger partial charge in [0.2, 0.25) is 5.91 Å². The molecule has 1 atom stereocenters. The number of carbonyl (C=O) groups excluding carboxylic acids is 1. The fourth-order valence-electron chi connectivity index (χ4n) is 2.60. The number of carbonyl (C=O) groups is 1. The summed E-state index contributed by atoms with van der Waals surface area (Å²) in [5.41, 5.74) is 1.28. The van der Waals surface area contributed by atoms with E-state index in [0.29, 0.717) is 36.6 Å². The van der Waals surface area contributed by atoms with Crippen LogP contribution in [0, 0.1) is 0 Å². The van der Waals surface area contributed by atoms with Crippen molar-refractivity contribution >= 4 is 5.91 Å². The van der Waals surface area contributed by atoms with Crippen LogP contribution in [-0.2, 0) is 11.3 Å². The quantitative estimate of drug-likeness (QED) is 0.731. The van der Waals surface area contributed by atoms with Crippen LogP contribution in [0.3, 0.4) is 0 Å². The number of benzene rings is 1. The highest BCUT2D eigenvalue weighted by Crippen LogP contribution is 2.31. The van der Waals surface area contributed by atoms with Crippen molar-refractivity contribution in [3.05, 3.63) is 40.7 Å². The number of hydrogen-bond acceptors (Lipinski definition) is 5. The van der Waals surface area contributed by atoms with Crippen LogP contribution in [0.25, 0.3) is 11.3 Å². The summed E-state index contributed by atoms with van der Waals surface area (Å²) in [5.74, 6) is 1.21. The maximum absolute atomic E-state index is 12.1. The van der Waals surface area contributed by atoms with E-state index in [4.69, 9.17) is 9.47 Å². The highest BCUT2D eigenvalue weighted by molar-refractivity contribution is 5.76. The Kier molecular flexibility index (Phi) is 7.40. The lowest BCUT2D eigenvalue weighted by Crippen LogP contribution is -2.32. The summed E-state index contributed by atoms with van der Waals surface area (Å²) in [5, 5.41) is 7.34. The molecule has 0 bridgehead atoms. The first-order chi connectivity index (χ1) is 13.0. The Balaban J connectivity index is 2.10. The first kappa shape index (κ1) is 20.5. The highest BCUT2D eigenvalue weighted by Gasteiger charge is 2.10. The van der Waals surface area contributed by atoms with E-state index in [1.807, 2.05) is 26.0 Å². The minimum Gasteiger partial charge on any atom is -0.493 e. The van der Waals surface area contributed by atoms with Crippen molar-refractivity contribution in [2.24, 2.45) is 0 Å². The summed E-state index contributed by atoms with van der Waals surface area (Å²) in [6.45, 7) is 4.37. The largest absolute Gasteiger partial charge is 0.493 e. The van der Waals surface area contributed by atoms with E-state index in [1.165, 1.54) is 10.7 Å². The third-order valence-corrected chi connectivity index (χ3v) is 4.34. The molecule has 1 aromatic carbocycles. The maximum Gasteiger partial charge on any atom is 0.266 e. The van der Waals surface area contributed by atoms with Crippen molar-refractivity contribution in [3.63, 3.8) is 0 Å². The minimum atomic E-state index is -0.193. The lowest BCUT2D eigenvalue weighted by molar-refractivity contribution is -0.121. The standard InChI is InChI=1S/C20H27N3O4/c1-5-14(2)21-19(24)7-6-12-23-20(25)11-9-16(22-23)15-8-10-17(26-3)18(13-15)27-4/h8-11,13-14H,5-7,12H2,1-4H3,(H,21,24). The van der Waals surface area contributed by atoms with Gasteiger partial charge in [-0.15, -0.1) is 0 Å². The summed E-state index contributed by atoms with van der Waals surface area (Å²) >= 11 is 0. The molecule has 1 heterocycles. The van der Waals surface area contributed by atoms with Crippen LogP contribution >= 0.6 is 0 Å². The number of rotatable bonds is 9. The van der Waals surface area contributed by atoms with Gasteiger partial charge in [-0.2, -0.15) is 5.10 Å². The van der Waals surface area contributed by atoms with E-state index in [9.17, 15) is 9.59 Å². The van der Waals surface area contributed by atoms with Crippen molar-refractivity contribution < 1.29 is 14.3 Å². The van der Waals surface area contributed by atoms with Crippen molar-refractivity contribution in [1.29, 1.82) is 0 Å². The molecule has 1 N–H and O–H groups in total. The lowest BCUT2D eigenvalue weighted by atomic mass is 10.1. The summed E-state index contributed by atoms with van der Waals surface area (Å²) in [6, 6.07) is 8.79. The van der Waals surface area contributed by atoms with E-state index >= 15 is 0 Å². The average Bonchev–Trinajstić information content (AvgIpc) is 2.68. The number of nitrogens with one attached hydrogen (secondary N) is 1. The van der Waals surface area contributed by atoms with E-state index in [1.54, 1.807) is 26.4 Å². The molecule has 7 nitrogen and oxygen atoms in total. The topological polar surface area (TPSA) is 82.5 Å². The Hall–Kier alpha value is -2.83. The van der Waals surface area contributed by atoms with E-state index in [-0.39, 0.29) is 17.5 Å². The monoisotopic (exact) mass is 373 g/mol. The SMILES string of the molecule is CCC(C)NC(=O)CCCn1nc(-c2ccc(OC)c(OC)c2)ccc1=O. The van der Waals surface area contributed by atoms with Gasteiger partial charge in [-0.1, -0.05) is 6.92 Å². The molecule has 0 spiro atoms.